The Balaban J connectivity index is 2.17. The summed E-state index contributed by atoms with van der Waals surface area (Å²) in [5.74, 6) is 0.656. The third-order valence-electron chi connectivity index (χ3n) is 3.44. The molecule has 1 fully saturated rings. The zero-order valence-electron chi connectivity index (χ0n) is 11.2. The van der Waals surface area contributed by atoms with Crippen LogP contribution in [-0.4, -0.2) is 31.0 Å². The first-order valence-corrected chi connectivity index (χ1v) is 6.16. The Morgan fingerprint density at radius 3 is 2.67 bits per heavy atom. The number of ether oxygens (including phenoxy) is 1. The minimum Gasteiger partial charge on any atom is -0.495 e. The number of hydrogen-bond donors (Lipinski definition) is 1. The normalized spacial score (nSPS) is 17.8. The molecule has 1 aliphatic rings. The number of amides is 1. The van der Waals surface area contributed by atoms with Gasteiger partial charge in [-0.15, -0.1) is 0 Å². The minimum atomic E-state index is 0.0509. The molecule has 1 amide bonds. The molecule has 0 atom stereocenters. The number of nitrogens with two attached hydrogens (primary N) is 1. The molecule has 2 N–H and O–H groups in total. The van der Waals surface area contributed by atoms with Gasteiger partial charge in [-0.05, 0) is 30.0 Å². The quantitative estimate of drug-likeness (QED) is 0.816. The first-order chi connectivity index (χ1) is 8.43. The molecule has 1 saturated heterocycles. The zero-order chi connectivity index (χ0) is 13.3. The van der Waals surface area contributed by atoms with Crippen LogP contribution >= 0.6 is 0 Å². The molecular formula is C14H20N2O2. The first kappa shape index (κ1) is 12.7. The van der Waals surface area contributed by atoms with Gasteiger partial charge in [0.2, 0.25) is 0 Å². The van der Waals surface area contributed by atoms with Crippen molar-refractivity contribution < 1.29 is 9.53 Å². The molecule has 98 valence electrons. The van der Waals surface area contributed by atoms with Crippen LogP contribution in [0.4, 0.5) is 5.69 Å². The highest BCUT2D eigenvalue weighted by Crippen LogP contribution is 2.30. The van der Waals surface area contributed by atoms with Gasteiger partial charge in [-0.1, -0.05) is 13.8 Å². The maximum Gasteiger partial charge on any atom is 0.253 e. The summed E-state index contributed by atoms with van der Waals surface area (Å²) < 4.78 is 5.09. The van der Waals surface area contributed by atoms with Gasteiger partial charge in [0.05, 0.1) is 12.8 Å². The number of carbonyl (C=O) groups is 1. The van der Waals surface area contributed by atoms with E-state index in [0.717, 1.165) is 19.5 Å². The van der Waals surface area contributed by atoms with Crippen LogP contribution in [0.5, 0.6) is 5.75 Å². The summed E-state index contributed by atoms with van der Waals surface area (Å²) in [4.78, 5) is 14.2. The number of likely N-dealkylation sites (tertiary alicyclic amines) is 1. The number of rotatable bonds is 2. The predicted molar refractivity (Wildman–Crippen MR) is 71.7 cm³/mol. The fraction of sp³-hybridized carbons (Fsp3) is 0.500. The Hall–Kier alpha value is -1.71. The Morgan fingerprint density at radius 2 is 2.17 bits per heavy atom. The van der Waals surface area contributed by atoms with Crippen molar-refractivity contribution in [2.24, 2.45) is 5.41 Å². The highest BCUT2D eigenvalue weighted by atomic mass is 16.5. The van der Waals surface area contributed by atoms with Crippen molar-refractivity contribution in [3.8, 4) is 5.75 Å². The van der Waals surface area contributed by atoms with Gasteiger partial charge in [-0.25, -0.2) is 0 Å². The summed E-state index contributed by atoms with van der Waals surface area (Å²) in [6.45, 7) is 5.99. The molecule has 0 radical (unpaired) electrons. The molecule has 0 saturated carbocycles. The van der Waals surface area contributed by atoms with Gasteiger partial charge >= 0.3 is 0 Å². The first-order valence-electron chi connectivity index (χ1n) is 6.16. The largest absolute Gasteiger partial charge is 0.495 e. The lowest BCUT2D eigenvalue weighted by Gasteiger charge is -2.20. The van der Waals surface area contributed by atoms with Crippen LogP contribution in [0.25, 0.3) is 0 Å². The topological polar surface area (TPSA) is 55.6 Å². The third-order valence-corrected chi connectivity index (χ3v) is 3.44. The molecular weight excluding hydrogens is 228 g/mol. The van der Waals surface area contributed by atoms with E-state index < -0.39 is 0 Å². The molecule has 4 nitrogen and oxygen atoms in total. The summed E-state index contributed by atoms with van der Waals surface area (Å²) in [5.41, 5.74) is 7.17. The summed E-state index contributed by atoms with van der Waals surface area (Å²) in [5, 5.41) is 0. The lowest BCUT2D eigenvalue weighted by atomic mass is 9.93. The van der Waals surface area contributed by atoms with Gasteiger partial charge in [-0.2, -0.15) is 0 Å². The second-order valence-corrected chi connectivity index (χ2v) is 5.60. The molecule has 1 heterocycles. The van der Waals surface area contributed by atoms with Crippen LogP contribution in [0, 0.1) is 5.41 Å². The number of anilines is 1. The maximum atomic E-state index is 12.3. The molecule has 0 aliphatic carbocycles. The number of methoxy groups -OCH3 is 1. The van der Waals surface area contributed by atoms with Crippen LogP contribution in [-0.2, 0) is 0 Å². The monoisotopic (exact) mass is 248 g/mol. The van der Waals surface area contributed by atoms with E-state index in [0.29, 0.717) is 17.0 Å². The van der Waals surface area contributed by atoms with Crippen molar-refractivity contribution in [1.82, 2.24) is 4.90 Å². The van der Waals surface area contributed by atoms with Crippen molar-refractivity contribution in [2.75, 3.05) is 25.9 Å². The van der Waals surface area contributed by atoms with Crippen LogP contribution in [0.3, 0.4) is 0 Å². The molecule has 2 rings (SSSR count). The van der Waals surface area contributed by atoms with Gasteiger partial charge in [0.15, 0.2) is 0 Å². The maximum absolute atomic E-state index is 12.3. The molecule has 4 heteroatoms. The average molecular weight is 248 g/mol. The predicted octanol–water partition coefficient (Wildman–Crippen LogP) is 2.15. The number of carbonyl (C=O) groups excluding carboxylic acids is 1. The van der Waals surface area contributed by atoms with E-state index in [1.165, 1.54) is 0 Å². The van der Waals surface area contributed by atoms with Crippen molar-refractivity contribution in [2.45, 2.75) is 20.3 Å². The second kappa shape index (κ2) is 4.52. The number of hydrogen-bond acceptors (Lipinski definition) is 3. The summed E-state index contributed by atoms with van der Waals surface area (Å²) in [6, 6.07) is 5.19. The molecule has 1 aliphatic heterocycles. The van der Waals surface area contributed by atoms with E-state index in [1.54, 1.807) is 25.3 Å². The Labute approximate surface area is 108 Å². The Kier molecular flexibility index (Phi) is 3.20. The summed E-state index contributed by atoms with van der Waals surface area (Å²) >= 11 is 0. The van der Waals surface area contributed by atoms with Crippen molar-refractivity contribution in [3.05, 3.63) is 23.8 Å². The molecule has 0 spiro atoms. The van der Waals surface area contributed by atoms with E-state index >= 15 is 0 Å². The van der Waals surface area contributed by atoms with Gasteiger partial charge in [0.1, 0.15) is 5.75 Å². The van der Waals surface area contributed by atoms with Crippen LogP contribution in [0.15, 0.2) is 18.2 Å². The van der Waals surface area contributed by atoms with Gasteiger partial charge in [-0.3, -0.25) is 4.79 Å². The van der Waals surface area contributed by atoms with Crippen molar-refractivity contribution in [3.63, 3.8) is 0 Å². The van der Waals surface area contributed by atoms with Gasteiger partial charge in [0.25, 0.3) is 5.91 Å². The zero-order valence-corrected chi connectivity index (χ0v) is 11.2. The fourth-order valence-electron chi connectivity index (χ4n) is 2.34. The highest BCUT2D eigenvalue weighted by molar-refractivity contribution is 5.95. The SMILES string of the molecule is COc1ccc(C(=O)N2CCC(C)(C)C2)cc1N. The number of nitrogens with zero attached hydrogens (tertiary/aromatic N) is 1. The molecule has 0 bridgehead atoms. The molecule has 1 aromatic carbocycles. The van der Waals surface area contributed by atoms with Gasteiger partial charge in [0, 0.05) is 18.7 Å². The summed E-state index contributed by atoms with van der Waals surface area (Å²) in [6.07, 6.45) is 1.05. The fourth-order valence-corrected chi connectivity index (χ4v) is 2.34. The lowest BCUT2D eigenvalue weighted by molar-refractivity contribution is 0.0778. The van der Waals surface area contributed by atoms with Crippen molar-refractivity contribution in [1.29, 1.82) is 0 Å². The Morgan fingerprint density at radius 1 is 1.44 bits per heavy atom. The summed E-state index contributed by atoms with van der Waals surface area (Å²) in [7, 11) is 1.57. The average Bonchev–Trinajstić information content (AvgIpc) is 2.68. The van der Waals surface area contributed by atoms with E-state index in [2.05, 4.69) is 13.8 Å². The second-order valence-electron chi connectivity index (χ2n) is 5.60. The third kappa shape index (κ3) is 2.42. The smallest absolute Gasteiger partial charge is 0.253 e. The Bertz CT molecular complexity index is 469. The van der Waals surface area contributed by atoms with Gasteiger partial charge < -0.3 is 15.4 Å². The van der Waals surface area contributed by atoms with E-state index in [1.807, 2.05) is 4.90 Å². The van der Waals surface area contributed by atoms with Crippen LogP contribution in [0.2, 0.25) is 0 Å². The highest BCUT2D eigenvalue weighted by Gasteiger charge is 2.32. The molecule has 0 unspecified atom stereocenters. The standard InChI is InChI=1S/C14H20N2O2/c1-14(2)6-7-16(9-14)13(17)10-4-5-12(18-3)11(15)8-10/h4-5,8H,6-7,9,15H2,1-3H3. The van der Waals surface area contributed by atoms with Crippen LogP contribution < -0.4 is 10.5 Å². The van der Waals surface area contributed by atoms with E-state index in [4.69, 9.17) is 10.5 Å². The number of benzene rings is 1. The van der Waals surface area contributed by atoms with E-state index in [-0.39, 0.29) is 11.3 Å². The van der Waals surface area contributed by atoms with Crippen molar-refractivity contribution >= 4 is 11.6 Å². The molecule has 18 heavy (non-hydrogen) atoms. The van der Waals surface area contributed by atoms with Crippen LogP contribution in [0.1, 0.15) is 30.6 Å². The minimum absolute atomic E-state index is 0.0509. The molecule has 1 aromatic rings. The lowest BCUT2D eigenvalue weighted by Crippen LogP contribution is -2.30. The molecule has 0 aromatic heterocycles. The number of nitrogen functional groups attached to an aromatic ring is 1. The van der Waals surface area contributed by atoms with E-state index in [9.17, 15) is 4.79 Å².